The third-order valence-corrected chi connectivity index (χ3v) is 11.0. The van der Waals surface area contributed by atoms with Crippen LogP contribution in [0.3, 0.4) is 0 Å². The second-order valence-corrected chi connectivity index (χ2v) is 15.6. The van der Waals surface area contributed by atoms with Crippen LogP contribution in [0.4, 0.5) is 4.79 Å². The highest BCUT2D eigenvalue weighted by Gasteiger charge is 2.47. The lowest BCUT2D eigenvalue weighted by Gasteiger charge is -2.38. The number of nitrogens with zero attached hydrogens (tertiary/aromatic N) is 2. The minimum Gasteiger partial charge on any atom is -0.444 e. The van der Waals surface area contributed by atoms with E-state index in [9.17, 15) is 4.79 Å². The molecule has 1 amide bonds. The van der Waals surface area contributed by atoms with Gasteiger partial charge in [0.2, 0.25) is 0 Å². The first-order valence-electron chi connectivity index (χ1n) is 10.6. The molecule has 0 aliphatic carbocycles. The van der Waals surface area contributed by atoms with E-state index >= 15 is 0 Å². The summed E-state index contributed by atoms with van der Waals surface area (Å²) < 4.78 is 12.4. The summed E-state index contributed by atoms with van der Waals surface area (Å²) in [5.41, 5.74) is -0.467. The van der Waals surface area contributed by atoms with Gasteiger partial charge in [-0.2, -0.15) is 0 Å². The first kappa shape index (κ1) is 25.5. The molecule has 0 spiro atoms. The van der Waals surface area contributed by atoms with Crippen molar-refractivity contribution in [3.8, 4) is 0 Å². The summed E-state index contributed by atoms with van der Waals surface area (Å²) in [6.45, 7) is 23.4. The Hall–Kier alpha value is -0.528. The molecule has 1 unspecified atom stereocenters. The van der Waals surface area contributed by atoms with Crippen LogP contribution in [0.25, 0.3) is 0 Å². The van der Waals surface area contributed by atoms with Crippen molar-refractivity contribution in [2.24, 2.45) is 5.92 Å². The van der Waals surface area contributed by atoms with Crippen LogP contribution in [0, 0.1) is 5.92 Å². The number of likely N-dealkylation sites (tertiary alicyclic amines) is 2. The van der Waals surface area contributed by atoms with Crippen LogP contribution >= 0.6 is 0 Å². The van der Waals surface area contributed by atoms with Crippen molar-refractivity contribution < 1.29 is 14.0 Å². The first-order chi connectivity index (χ1) is 12.2. The standard InChI is InChI=1S/C21H42N2O3Si.B/c1-10-22-12-11-16(14-22)18-13-17(26-27(8,9)21(5,6)7)15-23(18)19(24)25-20(2,3)4;/h16-18H,10-15H2,1-9H3;/t16?,17-,18+;/m1./s1. The zero-order valence-electron chi connectivity index (χ0n) is 19.7. The molecule has 161 valence electrons. The number of carbonyl (C=O) groups excluding carboxylic acids is 1. The van der Waals surface area contributed by atoms with Gasteiger partial charge in [-0.1, -0.05) is 27.7 Å². The Morgan fingerprint density at radius 3 is 2.18 bits per heavy atom. The molecule has 3 radical (unpaired) electrons. The molecule has 0 aromatic heterocycles. The summed E-state index contributed by atoms with van der Waals surface area (Å²) in [5, 5.41) is 0.175. The van der Waals surface area contributed by atoms with E-state index < -0.39 is 13.9 Å². The zero-order chi connectivity index (χ0) is 20.6. The van der Waals surface area contributed by atoms with E-state index in [1.165, 1.54) is 0 Å². The topological polar surface area (TPSA) is 42.0 Å². The van der Waals surface area contributed by atoms with Crippen molar-refractivity contribution in [1.29, 1.82) is 0 Å². The maximum atomic E-state index is 12.9. The SMILES string of the molecule is CCN1CCC([C@@H]2C[C@@H](O[Si](C)(C)C(C)(C)C)CN2C(=O)OC(C)(C)C)C1.[B]. The fourth-order valence-electron chi connectivity index (χ4n) is 3.95. The van der Waals surface area contributed by atoms with Gasteiger partial charge in [0.05, 0.1) is 6.10 Å². The highest BCUT2D eigenvalue weighted by molar-refractivity contribution is 6.74. The summed E-state index contributed by atoms with van der Waals surface area (Å²) in [7, 11) is -1.86. The Morgan fingerprint density at radius 2 is 1.71 bits per heavy atom. The molecule has 0 N–H and O–H groups in total. The Bertz CT molecular complexity index is 531. The van der Waals surface area contributed by atoms with Crippen molar-refractivity contribution in [3.63, 3.8) is 0 Å². The first-order valence-corrected chi connectivity index (χ1v) is 13.5. The molecule has 2 fully saturated rings. The molecule has 2 saturated heterocycles. The van der Waals surface area contributed by atoms with Crippen LogP contribution in [0.1, 0.15) is 61.3 Å². The van der Waals surface area contributed by atoms with Gasteiger partial charge >= 0.3 is 6.09 Å². The largest absolute Gasteiger partial charge is 0.444 e. The summed E-state index contributed by atoms with van der Waals surface area (Å²) in [4.78, 5) is 17.4. The summed E-state index contributed by atoms with van der Waals surface area (Å²) in [5.74, 6) is 0.519. The van der Waals surface area contributed by atoms with Crippen molar-refractivity contribution >= 4 is 22.8 Å². The fourth-order valence-corrected chi connectivity index (χ4v) is 5.30. The highest BCUT2D eigenvalue weighted by Crippen LogP contribution is 2.40. The second-order valence-electron chi connectivity index (χ2n) is 10.9. The van der Waals surface area contributed by atoms with Crippen LogP contribution < -0.4 is 0 Å². The average molecular weight is 409 g/mol. The number of hydrogen-bond acceptors (Lipinski definition) is 4. The van der Waals surface area contributed by atoms with E-state index in [-0.39, 0.29) is 31.7 Å². The predicted molar refractivity (Wildman–Crippen MR) is 119 cm³/mol. The maximum absolute atomic E-state index is 12.9. The van der Waals surface area contributed by atoms with Gasteiger partial charge in [-0.05, 0) is 70.8 Å². The monoisotopic (exact) mass is 409 g/mol. The van der Waals surface area contributed by atoms with Crippen LogP contribution in [0.2, 0.25) is 18.1 Å². The van der Waals surface area contributed by atoms with E-state index in [0.29, 0.717) is 12.5 Å². The van der Waals surface area contributed by atoms with Crippen molar-refractivity contribution in [1.82, 2.24) is 9.80 Å². The Balaban J connectivity index is 0.00000392. The number of amides is 1. The van der Waals surface area contributed by atoms with Crippen molar-refractivity contribution in [2.45, 2.75) is 97.2 Å². The summed E-state index contributed by atoms with van der Waals surface area (Å²) >= 11 is 0. The lowest BCUT2D eigenvalue weighted by Crippen LogP contribution is -2.45. The molecule has 0 aromatic rings. The lowest BCUT2D eigenvalue weighted by molar-refractivity contribution is 0.0168. The minimum atomic E-state index is -1.86. The van der Waals surface area contributed by atoms with E-state index in [1.807, 2.05) is 25.7 Å². The third kappa shape index (κ3) is 6.23. The fraction of sp³-hybridized carbons (Fsp3) is 0.952. The molecule has 7 heteroatoms. The van der Waals surface area contributed by atoms with Crippen molar-refractivity contribution in [3.05, 3.63) is 0 Å². The normalized spacial score (nSPS) is 27.0. The smallest absolute Gasteiger partial charge is 0.410 e. The Kier molecular flexibility index (Phi) is 8.28. The summed E-state index contributed by atoms with van der Waals surface area (Å²) in [6, 6.07) is 0.228. The average Bonchev–Trinajstić information content (AvgIpc) is 3.09. The number of carbonyl (C=O) groups is 1. The molecular formula is C21H42BN2O3Si. The molecule has 2 rings (SSSR count). The molecule has 2 heterocycles. The molecule has 0 bridgehead atoms. The Morgan fingerprint density at radius 1 is 1.11 bits per heavy atom. The molecule has 2 aliphatic rings. The number of hydrogen-bond donors (Lipinski definition) is 0. The second kappa shape index (κ2) is 9.09. The van der Waals surface area contributed by atoms with Gasteiger partial charge in [-0.25, -0.2) is 4.79 Å². The summed E-state index contributed by atoms with van der Waals surface area (Å²) in [6.07, 6.45) is 2.04. The van der Waals surface area contributed by atoms with Gasteiger partial charge in [0.1, 0.15) is 5.60 Å². The minimum absolute atomic E-state index is 0. The Labute approximate surface area is 176 Å². The van der Waals surface area contributed by atoms with Gasteiger partial charge in [0.25, 0.3) is 0 Å². The van der Waals surface area contributed by atoms with Crippen LogP contribution in [-0.2, 0) is 9.16 Å². The van der Waals surface area contributed by atoms with E-state index in [0.717, 1.165) is 32.5 Å². The molecule has 3 atom stereocenters. The molecule has 0 saturated carbocycles. The van der Waals surface area contributed by atoms with Crippen LogP contribution in [-0.4, -0.2) is 76.5 Å². The predicted octanol–water partition coefficient (Wildman–Crippen LogP) is 4.35. The quantitative estimate of drug-likeness (QED) is 0.648. The van der Waals surface area contributed by atoms with E-state index in [4.69, 9.17) is 9.16 Å². The molecule has 2 aliphatic heterocycles. The zero-order valence-corrected chi connectivity index (χ0v) is 20.7. The van der Waals surface area contributed by atoms with Crippen LogP contribution in [0.15, 0.2) is 0 Å². The van der Waals surface area contributed by atoms with E-state index in [2.05, 4.69) is 45.7 Å². The van der Waals surface area contributed by atoms with Gasteiger partial charge in [0.15, 0.2) is 8.32 Å². The van der Waals surface area contributed by atoms with Gasteiger partial charge in [0, 0.05) is 27.5 Å². The molecular weight excluding hydrogens is 367 g/mol. The highest BCUT2D eigenvalue weighted by atomic mass is 28.4. The number of rotatable bonds is 4. The van der Waals surface area contributed by atoms with Gasteiger partial charge < -0.3 is 19.0 Å². The van der Waals surface area contributed by atoms with Gasteiger partial charge in [-0.15, -0.1) is 0 Å². The molecule has 28 heavy (non-hydrogen) atoms. The number of ether oxygens (including phenoxy) is 1. The van der Waals surface area contributed by atoms with Crippen molar-refractivity contribution in [2.75, 3.05) is 26.2 Å². The maximum Gasteiger partial charge on any atom is 0.410 e. The third-order valence-electron chi connectivity index (χ3n) is 6.50. The van der Waals surface area contributed by atoms with Gasteiger partial charge in [-0.3, -0.25) is 0 Å². The lowest BCUT2D eigenvalue weighted by atomic mass is 9.96. The van der Waals surface area contributed by atoms with E-state index in [1.54, 1.807) is 0 Å². The molecule has 0 aromatic carbocycles. The van der Waals surface area contributed by atoms with Crippen LogP contribution in [0.5, 0.6) is 0 Å². The molecule has 5 nitrogen and oxygen atoms in total.